The van der Waals surface area contributed by atoms with Crippen LogP contribution >= 0.6 is 0 Å². The van der Waals surface area contributed by atoms with Crippen molar-refractivity contribution in [3.05, 3.63) is 17.5 Å². The molecule has 5 nitrogen and oxygen atoms in total. The molecule has 0 atom stereocenters. The molecule has 96 valence electrons. The van der Waals surface area contributed by atoms with E-state index in [0.717, 1.165) is 31.4 Å². The summed E-state index contributed by atoms with van der Waals surface area (Å²) in [5, 5.41) is 22.2. The Balaban J connectivity index is 2.01. The molecule has 18 heavy (non-hydrogen) atoms. The van der Waals surface area contributed by atoms with E-state index in [1.807, 2.05) is 13.0 Å². The van der Waals surface area contributed by atoms with E-state index in [9.17, 15) is 5.11 Å². The lowest BCUT2D eigenvalue weighted by Gasteiger charge is -2.32. The van der Waals surface area contributed by atoms with Crippen molar-refractivity contribution in [3.8, 4) is 6.07 Å². The number of nitrogens with zero attached hydrogens (tertiary/aromatic N) is 3. The third-order valence-electron chi connectivity index (χ3n) is 3.33. The van der Waals surface area contributed by atoms with Gasteiger partial charge in [0.05, 0.1) is 5.60 Å². The van der Waals surface area contributed by atoms with Gasteiger partial charge < -0.3 is 10.4 Å². The van der Waals surface area contributed by atoms with Gasteiger partial charge in [-0.05, 0) is 25.8 Å². The second-order valence-electron chi connectivity index (χ2n) is 4.97. The molecule has 0 unspecified atom stereocenters. The van der Waals surface area contributed by atoms with Gasteiger partial charge in [-0.1, -0.05) is 19.3 Å². The first kappa shape index (κ1) is 12.8. The van der Waals surface area contributed by atoms with Crippen LogP contribution in [0.5, 0.6) is 0 Å². The molecule has 0 aromatic carbocycles. The van der Waals surface area contributed by atoms with Gasteiger partial charge in [-0.2, -0.15) is 5.26 Å². The summed E-state index contributed by atoms with van der Waals surface area (Å²) < 4.78 is 0. The SMILES string of the molecule is Cc1cc(C#N)nc(NCC2(O)CCCCC2)n1. The Morgan fingerprint density at radius 1 is 1.39 bits per heavy atom. The summed E-state index contributed by atoms with van der Waals surface area (Å²) in [5.41, 5.74) is 0.443. The largest absolute Gasteiger partial charge is 0.388 e. The number of aryl methyl sites for hydroxylation is 1. The number of nitriles is 1. The summed E-state index contributed by atoms with van der Waals surface area (Å²) in [6.45, 7) is 2.27. The molecule has 5 heteroatoms. The molecule has 0 aliphatic heterocycles. The summed E-state index contributed by atoms with van der Waals surface area (Å²) in [6, 6.07) is 3.64. The van der Waals surface area contributed by atoms with Crippen molar-refractivity contribution in [2.45, 2.75) is 44.6 Å². The average Bonchev–Trinajstić information content (AvgIpc) is 2.37. The van der Waals surface area contributed by atoms with Crippen LogP contribution in [-0.2, 0) is 0 Å². The van der Waals surface area contributed by atoms with Gasteiger partial charge in [0.15, 0.2) is 0 Å². The van der Waals surface area contributed by atoms with E-state index in [-0.39, 0.29) is 0 Å². The van der Waals surface area contributed by atoms with Crippen LogP contribution in [0.3, 0.4) is 0 Å². The fraction of sp³-hybridized carbons (Fsp3) is 0.615. The van der Waals surface area contributed by atoms with Crippen molar-refractivity contribution in [2.75, 3.05) is 11.9 Å². The molecule has 0 amide bonds. The Labute approximate surface area is 107 Å². The van der Waals surface area contributed by atoms with Crippen LogP contribution < -0.4 is 5.32 Å². The third-order valence-corrected chi connectivity index (χ3v) is 3.33. The molecule has 1 saturated carbocycles. The van der Waals surface area contributed by atoms with E-state index in [1.165, 1.54) is 6.42 Å². The molecule has 2 N–H and O–H groups in total. The summed E-state index contributed by atoms with van der Waals surface area (Å²) in [4.78, 5) is 8.29. The summed E-state index contributed by atoms with van der Waals surface area (Å²) >= 11 is 0. The number of aromatic nitrogens is 2. The highest BCUT2D eigenvalue weighted by atomic mass is 16.3. The monoisotopic (exact) mass is 246 g/mol. The molecule has 0 saturated heterocycles. The Morgan fingerprint density at radius 2 is 2.11 bits per heavy atom. The topological polar surface area (TPSA) is 81.8 Å². The van der Waals surface area contributed by atoms with Gasteiger partial charge in [0, 0.05) is 12.2 Å². The fourth-order valence-corrected chi connectivity index (χ4v) is 2.34. The highest BCUT2D eigenvalue weighted by molar-refractivity contribution is 5.33. The van der Waals surface area contributed by atoms with Gasteiger partial charge in [-0.25, -0.2) is 9.97 Å². The number of rotatable bonds is 3. The van der Waals surface area contributed by atoms with Gasteiger partial charge in [0.2, 0.25) is 5.95 Å². The number of nitrogens with one attached hydrogen (secondary N) is 1. The second-order valence-corrected chi connectivity index (χ2v) is 4.97. The smallest absolute Gasteiger partial charge is 0.224 e. The summed E-state index contributed by atoms with van der Waals surface area (Å²) in [7, 11) is 0. The van der Waals surface area contributed by atoms with E-state index >= 15 is 0 Å². The van der Waals surface area contributed by atoms with E-state index in [4.69, 9.17) is 5.26 Å². The van der Waals surface area contributed by atoms with E-state index in [2.05, 4.69) is 15.3 Å². The van der Waals surface area contributed by atoms with Gasteiger partial charge in [-0.15, -0.1) is 0 Å². The first-order chi connectivity index (χ1) is 8.61. The normalized spacial score (nSPS) is 18.1. The molecule has 0 radical (unpaired) electrons. The molecule has 1 aliphatic rings. The maximum Gasteiger partial charge on any atom is 0.224 e. The Morgan fingerprint density at radius 3 is 2.78 bits per heavy atom. The van der Waals surface area contributed by atoms with Gasteiger partial charge in [0.1, 0.15) is 11.8 Å². The van der Waals surface area contributed by atoms with Crippen molar-refractivity contribution in [1.29, 1.82) is 5.26 Å². The Kier molecular flexibility index (Phi) is 3.78. The van der Waals surface area contributed by atoms with E-state index in [0.29, 0.717) is 18.2 Å². The molecule has 0 bridgehead atoms. The molecule has 1 aromatic rings. The van der Waals surface area contributed by atoms with Crippen LogP contribution in [0, 0.1) is 18.3 Å². The molecule has 1 heterocycles. The predicted octanol–water partition coefficient (Wildman–Crippen LogP) is 1.76. The molecular formula is C13H18N4O. The lowest BCUT2D eigenvalue weighted by molar-refractivity contribution is 0.0166. The number of hydrogen-bond acceptors (Lipinski definition) is 5. The predicted molar refractivity (Wildman–Crippen MR) is 68.0 cm³/mol. The van der Waals surface area contributed by atoms with E-state index in [1.54, 1.807) is 6.07 Å². The summed E-state index contributed by atoms with van der Waals surface area (Å²) in [5.74, 6) is 0.422. The van der Waals surface area contributed by atoms with Crippen LogP contribution in [0.2, 0.25) is 0 Å². The molecule has 1 aromatic heterocycles. The van der Waals surface area contributed by atoms with Crippen molar-refractivity contribution in [3.63, 3.8) is 0 Å². The average molecular weight is 246 g/mol. The van der Waals surface area contributed by atoms with Crippen LogP contribution in [0.15, 0.2) is 6.07 Å². The quantitative estimate of drug-likeness (QED) is 0.849. The first-order valence-electron chi connectivity index (χ1n) is 6.33. The van der Waals surface area contributed by atoms with Crippen molar-refractivity contribution in [2.24, 2.45) is 0 Å². The standard InChI is InChI=1S/C13H18N4O/c1-10-7-11(8-14)17-12(16-10)15-9-13(18)5-3-2-4-6-13/h7,18H,2-6,9H2,1H3,(H,15,16,17). The lowest BCUT2D eigenvalue weighted by Crippen LogP contribution is -2.39. The maximum absolute atomic E-state index is 10.3. The van der Waals surface area contributed by atoms with Crippen LogP contribution in [-0.4, -0.2) is 27.2 Å². The zero-order chi connectivity index (χ0) is 13.0. The number of anilines is 1. The highest BCUT2D eigenvalue weighted by Crippen LogP contribution is 2.27. The zero-order valence-corrected chi connectivity index (χ0v) is 10.6. The lowest BCUT2D eigenvalue weighted by atomic mass is 9.85. The number of hydrogen-bond donors (Lipinski definition) is 2. The minimum absolute atomic E-state index is 0.348. The fourth-order valence-electron chi connectivity index (χ4n) is 2.34. The van der Waals surface area contributed by atoms with Gasteiger partial charge in [-0.3, -0.25) is 0 Å². The Bertz CT molecular complexity index is 461. The van der Waals surface area contributed by atoms with Crippen LogP contribution in [0.1, 0.15) is 43.5 Å². The number of aliphatic hydroxyl groups is 1. The second kappa shape index (κ2) is 5.32. The zero-order valence-electron chi connectivity index (χ0n) is 10.6. The van der Waals surface area contributed by atoms with Gasteiger partial charge in [0.25, 0.3) is 0 Å². The minimum Gasteiger partial charge on any atom is -0.388 e. The highest BCUT2D eigenvalue weighted by Gasteiger charge is 2.29. The van der Waals surface area contributed by atoms with E-state index < -0.39 is 5.60 Å². The maximum atomic E-state index is 10.3. The molecule has 1 aliphatic carbocycles. The third kappa shape index (κ3) is 3.17. The molecule has 2 rings (SSSR count). The van der Waals surface area contributed by atoms with Crippen molar-refractivity contribution >= 4 is 5.95 Å². The molecule has 1 fully saturated rings. The molecule has 0 spiro atoms. The first-order valence-corrected chi connectivity index (χ1v) is 6.33. The molecular weight excluding hydrogens is 228 g/mol. The van der Waals surface area contributed by atoms with Gasteiger partial charge >= 0.3 is 0 Å². The van der Waals surface area contributed by atoms with Crippen LogP contribution in [0.25, 0.3) is 0 Å². The van der Waals surface area contributed by atoms with Crippen molar-refractivity contribution < 1.29 is 5.11 Å². The minimum atomic E-state index is -0.655. The van der Waals surface area contributed by atoms with Crippen LogP contribution in [0.4, 0.5) is 5.95 Å². The van der Waals surface area contributed by atoms with Crippen molar-refractivity contribution in [1.82, 2.24) is 9.97 Å². The summed E-state index contributed by atoms with van der Waals surface area (Å²) in [6.07, 6.45) is 4.96. The Hall–Kier alpha value is -1.67.